The third kappa shape index (κ3) is 3.17. The highest BCUT2D eigenvalue weighted by molar-refractivity contribution is 6.30. The largest absolute Gasteiger partial charge is 0.486 e. The fraction of sp³-hybridized carbons (Fsp3) is 0.286. The summed E-state index contributed by atoms with van der Waals surface area (Å²) in [6.07, 6.45) is 1.78. The van der Waals surface area contributed by atoms with Gasteiger partial charge in [0.1, 0.15) is 17.5 Å². The fourth-order valence-corrected chi connectivity index (χ4v) is 3.58. The number of carbonyl (C=O) groups excluding carboxylic acids is 1. The number of amides is 1. The van der Waals surface area contributed by atoms with E-state index in [0.29, 0.717) is 18.8 Å². The Morgan fingerprint density at radius 1 is 1.27 bits per heavy atom. The van der Waals surface area contributed by atoms with Crippen molar-refractivity contribution in [1.29, 1.82) is 0 Å². The SMILES string of the molecule is CC[C@@H]1Cn2c(C(=O)NCCc3ccc(Cl)cc3)cc3cccc(c32)O1. The van der Waals surface area contributed by atoms with Gasteiger partial charge in [0.25, 0.3) is 5.91 Å². The molecule has 26 heavy (non-hydrogen) atoms. The third-order valence-electron chi connectivity index (χ3n) is 4.86. The monoisotopic (exact) mass is 368 g/mol. The van der Waals surface area contributed by atoms with Crippen LogP contribution in [0.2, 0.25) is 5.02 Å². The van der Waals surface area contributed by atoms with Gasteiger partial charge in [0.2, 0.25) is 0 Å². The Hall–Kier alpha value is -2.46. The van der Waals surface area contributed by atoms with Gasteiger partial charge in [-0.1, -0.05) is 42.8 Å². The Balaban J connectivity index is 1.52. The van der Waals surface area contributed by atoms with Crippen LogP contribution in [0.25, 0.3) is 10.9 Å². The zero-order chi connectivity index (χ0) is 18.1. The second-order valence-electron chi connectivity index (χ2n) is 6.61. The molecule has 4 nitrogen and oxygen atoms in total. The number of nitrogens with one attached hydrogen (secondary N) is 1. The second-order valence-corrected chi connectivity index (χ2v) is 7.05. The lowest BCUT2D eigenvalue weighted by Gasteiger charge is -2.26. The molecule has 1 aliphatic heterocycles. The lowest BCUT2D eigenvalue weighted by atomic mass is 10.1. The van der Waals surface area contributed by atoms with Crippen molar-refractivity contribution in [3.05, 3.63) is 64.8 Å². The van der Waals surface area contributed by atoms with Crippen molar-refractivity contribution in [2.75, 3.05) is 6.54 Å². The van der Waals surface area contributed by atoms with Gasteiger partial charge in [-0.2, -0.15) is 0 Å². The highest BCUT2D eigenvalue weighted by atomic mass is 35.5. The molecule has 4 rings (SSSR count). The lowest BCUT2D eigenvalue weighted by molar-refractivity contribution is 0.0938. The number of rotatable bonds is 5. The first-order valence-corrected chi connectivity index (χ1v) is 9.35. The summed E-state index contributed by atoms with van der Waals surface area (Å²) in [6, 6.07) is 15.6. The summed E-state index contributed by atoms with van der Waals surface area (Å²) in [5, 5.41) is 4.80. The molecule has 0 bridgehead atoms. The van der Waals surface area contributed by atoms with Crippen LogP contribution in [0.4, 0.5) is 0 Å². The molecule has 0 fully saturated rings. The second kappa shape index (κ2) is 7.04. The van der Waals surface area contributed by atoms with E-state index in [0.717, 1.165) is 40.1 Å². The molecule has 0 saturated carbocycles. The summed E-state index contributed by atoms with van der Waals surface area (Å²) in [7, 11) is 0. The zero-order valence-electron chi connectivity index (χ0n) is 14.7. The van der Waals surface area contributed by atoms with Crippen molar-refractivity contribution in [1.82, 2.24) is 9.88 Å². The van der Waals surface area contributed by atoms with Crippen LogP contribution >= 0.6 is 11.6 Å². The van der Waals surface area contributed by atoms with E-state index in [9.17, 15) is 4.79 Å². The number of nitrogens with zero attached hydrogens (tertiary/aromatic N) is 1. The summed E-state index contributed by atoms with van der Waals surface area (Å²) in [5.74, 6) is 0.818. The van der Waals surface area contributed by atoms with E-state index in [1.54, 1.807) is 0 Å². The molecule has 0 aliphatic carbocycles. The van der Waals surface area contributed by atoms with Gasteiger partial charge in [-0.25, -0.2) is 0 Å². The summed E-state index contributed by atoms with van der Waals surface area (Å²) in [4.78, 5) is 12.8. The number of benzene rings is 2. The molecule has 1 aliphatic rings. The van der Waals surface area contributed by atoms with Crippen LogP contribution in [0, 0.1) is 0 Å². The molecule has 0 unspecified atom stereocenters. The number of para-hydroxylation sites is 1. The Bertz CT molecular complexity index is 947. The van der Waals surface area contributed by atoms with E-state index in [2.05, 4.69) is 16.8 Å². The Morgan fingerprint density at radius 2 is 2.08 bits per heavy atom. The van der Waals surface area contributed by atoms with Gasteiger partial charge in [0.15, 0.2) is 0 Å². The molecule has 1 aromatic heterocycles. The molecule has 1 N–H and O–H groups in total. The number of ether oxygens (including phenoxy) is 1. The molecular weight excluding hydrogens is 348 g/mol. The maximum Gasteiger partial charge on any atom is 0.267 e. The normalized spacial score (nSPS) is 15.7. The number of hydrogen-bond acceptors (Lipinski definition) is 2. The van der Waals surface area contributed by atoms with Gasteiger partial charge in [-0.15, -0.1) is 0 Å². The van der Waals surface area contributed by atoms with Crippen LogP contribution in [0.5, 0.6) is 5.75 Å². The molecule has 3 aromatic rings. The quantitative estimate of drug-likeness (QED) is 0.723. The van der Waals surface area contributed by atoms with Crippen LogP contribution < -0.4 is 10.1 Å². The number of halogens is 1. The van der Waals surface area contributed by atoms with Crippen LogP contribution in [-0.2, 0) is 13.0 Å². The smallest absolute Gasteiger partial charge is 0.267 e. The van der Waals surface area contributed by atoms with Crippen LogP contribution in [0.15, 0.2) is 48.5 Å². The molecule has 2 aromatic carbocycles. The third-order valence-corrected chi connectivity index (χ3v) is 5.12. The lowest BCUT2D eigenvalue weighted by Crippen LogP contribution is -2.32. The summed E-state index contributed by atoms with van der Waals surface area (Å²) >= 11 is 5.91. The van der Waals surface area contributed by atoms with Gasteiger partial charge in [0.05, 0.1) is 12.1 Å². The van der Waals surface area contributed by atoms with E-state index in [1.807, 2.05) is 48.5 Å². The maximum atomic E-state index is 12.8. The van der Waals surface area contributed by atoms with Crippen molar-refractivity contribution in [2.45, 2.75) is 32.4 Å². The first kappa shape index (κ1) is 17.0. The Labute approximate surface area is 157 Å². The van der Waals surface area contributed by atoms with E-state index in [-0.39, 0.29) is 12.0 Å². The van der Waals surface area contributed by atoms with Crippen LogP contribution in [0.3, 0.4) is 0 Å². The van der Waals surface area contributed by atoms with Gasteiger partial charge < -0.3 is 14.6 Å². The van der Waals surface area contributed by atoms with Crippen LogP contribution in [0.1, 0.15) is 29.4 Å². The summed E-state index contributed by atoms with van der Waals surface area (Å²) in [6.45, 7) is 3.39. The molecule has 2 heterocycles. The van der Waals surface area contributed by atoms with Gasteiger partial charge >= 0.3 is 0 Å². The molecule has 134 valence electrons. The molecule has 0 radical (unpaired) electrons. The van der Waals surface area contributed by atoms with Gasteiger partial charge in [-0.3, -0.25) is 4.79 Å². The van der Waals surface area contributed by atoms with Crippen molar-refractivity contribution in [3.8, 4) is 5.75 Å². The molecule has 0 spiro atoms. The van der Waals surface area contributed by atoms with Crippen molar-refractivity contribution >= 4 is 28.4 Å². The maximum absolute atomic E-state index is 12.8. The minimum Gasteiger partial charge on any atom is -0.486 e. The molecule has 5 heteroatoms. The number of aromatic nitrogens is 1. The Morgan fingerprint density at radius 3 is 2.85 bits per heavy atom. The first-order chi connectivity index (χ1) is 12.7. The van der Waals surface area contributed by atoms with Gasteiger partial charge in [-0.05, 0) is 42.7 Å². The molecular formula is C21H21ClN2O2. The van der Waals surface area contributed by atoms with E-state index in [4.69, 9.17) is 16.3 Å². The van der Waals surface area contributed by atoms with E-state index in [1.165, 1.54) is 0 Å². The molecule has 1 atom stereocenters. The van der Waals surface area contributed by atoms with E-state index < -0.39 is 0 Å². The predicted octanol–water partition coefficient (Wildman–Crippen LogP) is 4.44. The number of hydrogen-bond donors (Lipinski definition) is 1. The van der Waals surface area contributed by atoms with Crippen molar-refractivity contribution in [2.24, 2.45) is 0 Å². The summed E-state index contributed by atoms with van der Waals surface area (Å²) < 4.78 is 8.13. The highest BCUT2D eigenvalue weighted by Gasteiger charge is 2.25. The molecule has 0 saturated heterocycles. The van der Waals surface area contributed by atoms with Crippen molar-refractivity contribution in [3.63, 3.8) is 0 Å². The highest BCUT2D eigenvalue weighted by Crippen LogP contribution is 2.34. The zero-order valence-corrected chi connectivity index (χ0v) is 15.4. The van der Waals surface area contributed by atoms with Gasteiger partial charge in [0, 0.05) is 17.0 Å². The number of carbonyl (C=O) groups is 1. The summed E-state index contributed by atoms with van der Waals surface area (Å²) in [5.41, 5.74) is 2.86. The minimum absolute atomic E-state index is 0.0436. The van der Waals surface area contributed by atoms with E-state index >= 15 is 0 Å². The standard InChI is InChI=1S/C21H21ClN2O2/c1-2-17-13-24-18(12-15-4-3-5-19(26-17)20(15)24)21(25)23-11-10-14-6-8-16(22)9-7-14/h3-9,12,17H,2,10-11,13H2,1H3,(H,23,25)/t17-/m1/s1. The minimum atomic E-state index is -0.0436. The topological polar surface area (TPSA) is 43.3 Å². The molecule has 1 amide bonds. The Kier molecular flexibility index (Phi) is 4.60. The predicted molar refractivity (Wildman–Crippen MR) is 104 cm³/mol. The average Bonchev–Trinajstić information content (AvgIpc) is 3.03. The first-order valence-electron chi connectivity index (χ1n) is 8.97. The fourth-order valence-electron chi connectivity index (χ4n) is 3.46. The van der Waals surface area contributed by atoms with Crippen LogP contribution in [-0.4, -0.2) is 23.1 Å². The van der Waals surface area contributed by atoms with Crippen molar-refractivity contribution < 1.29 is 9.53 Å². The average molecular weight is 369 g/mol.